The van der Waals surface area contributed by atoms with Gasteiger partial charge in [0.25, 0.3) is 5.91 Å². The standard InChI is InChI=1S/C13H15N3O2/c1-7-5-4-6-10(14)11(7)12(17)15-13-8(2)9(3)16-18-13/h4-6H,14H2,1-3H3,(H,15,17). The molecule has 1 heterocycles. The monoisotopic (exact) mass is 245 g/mol. The van der Waals surface area contributed by atoms with Crippen LogP contribution in [0.1, 0.15) is 27.2 Å². The molecule has 5 heteroatoms. The molecule has 1 aromatic carbocycles. The molecule has 0 aliphatic carbocycles. The predicted octanol–water partition coefficient (Wildman–Crippen LogP) is 2.43. The molecule has 5 nitrogen and oxygen atoms in total. The quantitative estimate of drug-likeness (QED) is 0.796. The summed E-state index contributed by atoms with van der Waals surface area (Å²) in [6.07, 6.45) is 0. The molecule has 0 aliphatic heterocycles. The summed E-state index contributed by atoms with van der Waals surface area (Å²) in [5.74, 6) is 0.0741. The fraction of sp³-hybridized carbons (Fsp3) is 0.231. The van der Waals surface area contributed by atoms with E-state index in [-0.39, 0.29) is 5.91 Å². The van der Waals surface area contributed by atoms with Gasteiger partial charge in [0.05, 0.1) is 11.3 Å². The Labute approximate surface area is 105 Å². The van der Waals surface area contributed by atoms with Crippen LogP contribution in [0.15, 0.2) is 22.7 Å². The molecule has 0 unspecified atom stereocenters. The zero-order valence-electron chi connectivity index (χ0n) is 10.6. The normalized spacial score (nSPS) is 10.4. The number of aromatic nitrogens is 1. The van der Waals surface area contributed by atoms with Gasteiger partial charge in [0.2, 0.25) is 5.88 Å². The van der Waals surface area contributed by atoms with E-state index in [1.807, 2.05) is 32.9 Å². The highest BCUT2D eigenvalue weighted by Crippen LogP contribution is 2.21. The van der Waals surface area contributed by atoms with Crippen molar-refractivity contribution < 1.29 is 9.32 Å². The number of carbonyl (C=O) groups excluding carboxylic acids is 1. The van der Waals surface area contributed by atoms with Crippen molar-refractivity contribution in [2.24, 2.45) is 0 Å². The van der Waals surface area contributed by atoms with Crippen molar-refractivity contribution in [2.45, 2.75) is 20.8 Å². The Hall–Kier alpha value is -2.30. The van der Waals surface area contributed by atoms with Crippen LogP contribution in [0.4, 0.5) is 11.6 Å². The third-order valence-corrected chi connectivity index (χ3v) is 2.92. The van der Waals surface area contributed by atoms with Crippen molar-refractivity contribution in [3.63, 3.8) is 0 Å². The number of aryl methyl sites for hydroxylation is 2. The van der Waals surface area contributed by atoms with Gasteiger partial charge in [0, 0.05) is 11.3 Å². The lowest BCUT2D eigenvalue weighted by Gasteiger charge is -2.08. The molecule has 0 aliphatic rings. The third kappa shape index (κ3) is 2.07. The molecule has 2 rings (SSSR count). The third-order valence-electron chi connectivity index (χ3n) is 2.92. The number of hydrogen-bond acceptors (Lipinski definition) is 4. The Balaban J connectivity index is 2.31. The average molecular weight is 245 g/mol. The van der Waals surface area contributed by atoms with Crippen LogP contribution >= 0.6 is 0 Å². The molecule has 0 atom stereocenters. The molecule has 0 saturated carbocycles. The first-order chi connectivity index (χ1) is 8.50. The van der Waals surface area contributed by atoms with E-state index in [0.717, 1.165) is 16.8 Å². The first-order valence-corrected chi connectivity index (χ1v) is 5.60. The van der Waals surface area contributed by atoms with E-state index in [2.05, 4.69) is 10.5 Å². The summed E-state index contributed by atoms with van der Waals surface area (Å²) in [5.41, 5.74) is 9.11. The van der Waals surface area contributed by atoms with Crippen molar-refractivity contribution in [1.82, 2.24) is 5.16 Å². The second kappa shape index (κ2) is 4.52. The minimum atomic E-state index is -0.287. The van der Waals surface area contributed by atoms with E-state index >= 15 is 0 Å². The van der Waals surface area contributed by atoms with Gasteiger partial charge < -0.3 is 10.3 Å². The van der Waals surface area contributed by atoms with E-state index in [1.54, 1.807) is 6.07 Å². The van der Waals surface area contributed by atoms with Gasteiger partial charge in [0.1, 0.15) is 0 Å². The molecule has 94 valence electrons. The molecule has 0 spiro atoms. The lowest BCUT2D eigenvalue weighted by molar-refractivity contribution is 0.102. The van der Waals surface area contributed by atoms with Crippen LogP contribution in [-0.4, -0.2) is 11.1 Å². The summed E-state index contributed by atoms with van der Waals surface area (Å²) in [5, 5.41) is 6.47. The highest BCUT2D eigenvalue weighted by Gasteiger charge is 2.16. The SMILES string of the molecule is Cc1cccc(N)c1C(=O)Nc1onc(C)c1C. The van der Waals surface area contributed by atoms with E-state index in [0.29, 0.717) is 17.1 Å². The second-order valence-corrected chi connectivity index (χ2v) is 4.22. The number of carbonyl (C=O) groups is 1. The van der Waals surface area contributed by atoms with Crippen LogP contribution < -0.4 is 11.1 Å². The van der Waals surface area contributed by atoms with Crippen molar-refractivity contribution >= 4 is 17.5 Å². The molecule has 2 aromatic rings. The van der Waals surface area contributed by atoms with Gasteiger partial charge >= 0.3 is 0 Å². The molecule has 0 saturated heterocycles. The summed E-state index contributed by atoms with van der Waals surface area (Å²) < 4.78 is 5.04. The number of nitrogens with zero attached hydrogens (tertiary/aromatic N) is 1. The molecular formula is C13H15N3O2. The molecule has 0 radical (unpaired) electrons. The van der Waals surface area contributed by atoms with Crippen LogP contribution in [0.2, 0.25) is 0 Å². The number of anilines is 2. The van der Waals surface area contributed by atoms with E-state index in [4.69, 9.17) is 10.3 Å². The summed E-state index contributed by atoms with van der Waals surface area (Å²) in [6, 6.07) is 5.34. The summed E-state index contributed by atoms with van der Waals surface area (Å²) in [6.45, 7) is 5.49. The minimum absolute atomic E-state index is 0.287. The van der Waals surface area contributed by atoms with Gasteiger partial charge in [-0.15, -0.1) is 0 Å². The number of nitrogens with two attached hydrogens (primary N) is 1. The van der Waals surface area contributed by atoms with E-state index in [9.17, 15) is 4.79 Å². The minimum Gasteiger partial charge on any atom is -0.398 e. The van der Waals surface area contributed by atoms with Crippen LogP contribution in [0, 0.1) is 20.8 Å². The fourth-order valence-electron chi connectivity index (χ4n) is 1.70. The van der Waals surface area contributed by atoms with Crippen molar-refractivity contribution in [3.8, 4) is 0 Å². The second-order valence-electron chi connectivity index (χ2n) is 4.22. The van der Waals surface area contributed by atoms with Gasteiger partial charge in [-0.1, -0.05) is 17.3 Å². The summed E-state index contributed by atoms with van der Waals surface area (Å²) in [7, 11) is 0. The molecule has 0 fully saturated rings. The highest BCUT2D eigenvalue weighted by molar-refractivity contribution is 6.08. The van der Waals surface area contributed by atoms with Crippen LogP contribution in [0.25, 0.3) is 0 Å². The molecule has 0 bridgehead atoms. The van der Waals surface area contributed by atoms with Gasteiger partial charge in [0.15, 0.2) is 0 Å². The topological polar surface area (TPSA) is 81.2 Å². The number of benzene rings is 1. The average Bonchev–Trinajstić information content (AvgIpc) is 2.61. The maximum absolute atomic E-state index is 12.1. The lowest BCUT2D eigenvalue weighted by atomic mass is 10.1. The van der Waals surface area contributed by atoms with Gasteiger partial charge in [-0.25, -0.2) is 0 Å². The smallest absolute Gasteiger partial charge is 0.260 e. The number of amides is 1. The summed E-state index contributed by atoms with van der Waals surface area (Å²) in [4.78, 5) is 12.1. The lowest BCUT2D eigenvalue weighted by Crippen LogP contribution is -2.15. The number of nitrogen functional groups attached to an aromatic ring is 1. The Kier molecular flexibility index (Phi) is 3.06. The van der Waals surface area contributed by atoms with Crippen LogP contribution in [0.5, 0.6) is 0 Å². The van der Waals surface area contributed by atoms with Crippen LogP contribution in [0.3, 0.4) is 0 Å². The maximum atomic E-state index is 12.1. The van der Waals surface area contributed by atoms with E-state index in [1.165, 1.54) is 0 Å². The Morgan fingerprint density at radius 3 is 2.61 bits per heavy atom. The van der Waals surface area contributed by atoms with Gasteiger partial charge in [-0.3, -0.25) is 10.1 Å². The highest BCUT2D eigenvalue weighted by atomic mass is 16.5. The molecule has 1 aromatic heterocycles. The van der Waals surface area contributed by atoms with Crippen molar-refractivity contribution in [2.75, 3.05) is 11.1 Å². The largest absolute Gasteiger partial charge is 0.398 e. The van der Waals surface area contributed by atoms with Crippen molar-refractivity contribution in [1.29, 1.82) is 0 Å². The zero-order chi connectivity index (χ0) is 13.3. The Bertz CT molecular complexity index is 582. The maximum Gasteiger partial charge on any atom is 0.260 e. The number of hydrogen-bond donors (Lipinski definition) is 2. The number of nitrogens with one attached hydrogen (secondary N) is 1. The van der Waals surface area contributed by atoms with E-state index < -0.39 is 0 Å². The van der Waals surface area contributed by atoms with Gasteiger partial charge in [-0.2, -0.15) is 0 Å². The number of rotatable bonds is 2. The van der Waals surface area contributed by atoms with Gasteiger partial charge in [-0.05, 0) is 32.4 Å². The first-order valence-electron chi connectivity index (χ1n) is 5.60. The molecule has 1 amide bonds. The summed E-state index contributed by atoms with van der Waals surface area (Å²) >= 11 is 0. The van der Waals surface area contributed by atoms with Crippen molar-refractivity contribution in [3.05, 3.63) is 40.6 Å². The molecule has 18 heavy (non-hydrogen) atoms. The fourth-order valence-corrected chi connectivity index (χ4v) is 1.70. The van der Waals surface area contributed by atoms with Crippen LogP contribution in [-0.2, 0) is 0 Å². The Morgan fingerprint density at radius 1 is 1.33 bits per heavy atom. The Morgan fingerprint density at radius 2 is 2.06 bits per heavy atom. The first kappa shape index (κ1) is 12.2. The molecule has 3 N–H and O–H groups in total. The molecular weight excluding hydrogens is 230 g/mol. The predicted molar refractivity (Wildman–Crippen MR) is 69.5 cm³/mol. The zero-order valence-corrected chi connectivity index (χ0v) is 10.6.